The molecule has 7 aromatic heterocycles. The van der Waals surface area contributed by atoms with E-state index in [1.807, 2.05) is 16.8 Å². The van der Waals surface area contributed by atoms with Crippen LogP contribution in [0.3, 0.4) is 0 Å². The SMILES string of the molecule is CNCC(=O)Nc1cc2c(/C=C/c3ccc(F)cc3)n[nH]c2cc1F.NCC(=O)Nc1cc2c(/C=C/c3ccc(F)cc3)n[nH]c2cc1F.O=C(Cc1ccc2c(c1)OCO2)Nc1cc2c(/C=C/c3ccc(F)cc3)n[nH]c2cc1F.O=C(Cc1ccncc1)Nc1cc2c(/C=C/c3ccc(F)cc3)n[nH]c2cc1F.O=C(Cc1ccsc1)Nc1cc2c(/C=C/c3ccc(F)cc3)n[nH]c2cc1F. The number of thiophene rings is 1. The quantitative estimate of drug-likeness (QED) is 0.0250. The molecule has 0 saturated carbocycles. The van der Waals surface area contributed by atoms with Gasteiger partial charge in [-0.15, -0.1) is 0 Å². The number of nitrogens with one attached hydrogen (secondary N) is 11. The summed E-state index contributed by atoms with van der Waals surface area (Å²) in [5, 5.41) is 57.2. The first-order valence-corrected chi connectivity index (χ1v) is 43.0. The number of carbonyl (C=O) groups is 5. The Labute approximate surface area is 781 Å². The topological polar surface area (TPSA) is 358 Å². The standard InChI is InChI=1S/C24H17F2N3O3.C22H16F2N4O.C21H15F2N3OS.C18H16F2N4O.C17H14F2N4O/c25-16-5-1-14(2-6-16)3-7-19-17-11-21(18(26)12-20(17)29-28-19)27-24(30)10-15-4-8-22-23(9-15)32-13-31-22;23-16-4-1-14(2-5-16)3-6-19-17-12-21(18(24)13-20(17)28-27-19)26-22(29)11-15-7-9-25-10-8-15;22-15-4-1-13(2-5-15)3-6-18-16-10-20(17(23)11-19(16)26-25-18)24-21(27)9-14-7-8-28-12-14;1-21-10-18(25)22-17-8-13-15(23-24-16(13)9-14(17)20)7-4-11-2-5-12(19)6-3-11;18-11-4-1-10(2-5-11)3-6-14-12-7-16(21-17(24)9-20)13(19)8-15(12)23-22-14/h1-9,11-12H,10,13H2,(H,27,30)(H,28,29);1-10,12-13H,11H2,(H,26,29)(H,27,28);1-8,10-12H,9H2,(H,24,27)(H,25,26);2-9,21H,10H2,1H3,(H,22,25)(H,23,24);1-8H,9,20H2,(H,21,24)(H,22,23)/b7-3+;2*6-3+;7-4+;6-3+. The zero-order valence-corrected chi connectivity index (χ0v) is 73.2. The van der Waals surface area contributed by atoms with Crippen molar-refractivity contribution in [2.45, 2.75) is 19.3 Å². The number of anilines is 5. The second kappa shape index (κ2) is 44.8. The van der Waals surface area contributed by atoms with E-state index in [1.165, 1.54) is 121 Å². The van der Waals surface area contributed by atoms with Crippen molar-refractivity contribution in [3.8, 4) is 11.5 Å². The maximum absolute atomic E-state index is 14.5. The number of carbonyl (C=O) groups excluding carboxylic acids is 5. The third kappa shape index (κ3) is 25.5. The molecule has 1 aliphatic heterocycles. The molecule has 19 rings (SSSR count). The summed E-state index contributed by atoms with van der Waals surface area (Å²) in [5.74, 6) is -4.95. The number of halogens is 10. The van der Waals surface area contributed by atoms with Gasteiger partial charge in [-0.3, -0.25) is 54.5 Å². The monoisotopic (exact) mass is 1890 g/mol. The highest BCUT2D eigenvalue weighted by molar-refractivity contribution is 7.08. The summed E-state index contributed by atoms with van der Waals surface area (Å²) in [6.07, 6.45) is 21.1. The Hall–Kier alpha value is -17.5. The van der Waals surface area contributed by atoms with Crippen molar-refractivity contribution in [2.24, 2.45) is 5.73 Å². The molecule has 0 aliphatic carbocycles. The van der Waals surface area contributed by atoms with Crippen LogP contribution in [0, 0.1) is 58.2 Å². The number of amides is 5. The minimum Gasteiger partial charge on any atom is -0.454 e. The predicted octanol–water partition coefficient (Wildman–Crippen LogP) is 20.8. The van der Waals surface area contributed by atoms with Crippen LogP contribution >= 0.6 is 11.3 Å². The molecular formula is C102H78F10N18O7S. The fourth-order valence-corrected chi connectivity index (χ4v) is 14.5. The fourth-order valence-electron chi connectivity index (χ4n) is 13.8. The van der Waals surface area contributed by atoms with Crippen molar-refractivity contribution in [3.63, 3.8) is 0 Å². The number of fused-ring (bicyclic) bond motifs is 6. The van der Waals surface area contributed by atoms with Crippen LogP contribution in [0.25, 0.3) is 115 Å². The van der Waals surface area contributed by atoms with Crippen LogP contribution < -0.4 is 47.1 Å². The Kier molecular flexibility index (Phi) is 30.9. The van der Waals surface area contributed by atoms with Gasteiger partial charge in [0, 0.05) is 69.7 Å². The van der Waals surface area contributed by atoms with Crippen molar-refractivity contribution in [1.29, 1.82) is 0 Å². The molecule has 1 aliphatic rings. The lowest BCUT2D eigenvalue weighted by atomic mass is 10.1. The zero-order valence-electron chi connectivity index (χ0n) is 72.4. The molecule has 694 valence electrons. The van der Waals surface area contributed by atoms with Gasteiger partial charge < -0.3 is 47.1 Å². The van der Waals surface area contributed by atoms with E-state index in [9.17, 15) is 67.9 Å². The largest absolute Gasteiger partial charge is 0.454 e. The normalized spacial score (nSPS) is 11.6. The molecule has 36 heteroatoms. The van der Waals surface area contributed by atoms with Gasteiger partial charge in [0.15, 0.2) is 11.5 Å². The summed E-state index contributed by atoms with van der Waals surface area (Å²) in [7, 11) is 1.63. The Morgan fingerprint density at radius 3 is 0.920 bits per heavy atom. The summed E-state index contributed by atoms with van der Waals surface area (Å²) in [6.45, 7) is -0.000764. The van der Waals surface area contributed by atoms with Gasteiger partial charge in [-0.05, 0) is 214 Å². The Morgan fingerprint density at radius 1 is 0.333 bits per heavy atom. The van der Waals surface area contributed by atoms with Gasteiger partial charge in [-0.1, -0.05) is 97.1 Å². The van der Waals surface area contributed by atoms with Crippen LogP contribution in [-0.2, 0) is 43.2 Å². The third-order valence-corrected chi connectivity index (χ3v) is 21.4. The highest BCUT2D eigenvalue weighted by atomic mass is 32.1. The molecule has 5 amide bonds. The molecule has 11 aromatic carbocycles. The second-order valence-corrected chi connectivity index (χ2v) is 31.3. The molecule has 0 saturated heterocycles. The number of H-pyrrole nitrogens is 5. The van der Waals surface area contributed by atoms with Crippen LogP contribution in [0.2, 0.25) is 0 Å². The molecule has 0 spiro atoms. The first-order valence-electron chi connectivity index (χ1n) is 42.0. The van der Waals surface area contributed by atoms with E-state index < -0.39 is 35.0 Å². The van der Waals surface area contributed by atoms with Crippen LogP contribution in [0.15, 0.2) is 242 Å². The maximum Gasteiger partial charge on any atom is 0.238 e. The van der Waals surface area contributed by atoms with Crippen molar-refractivity contribution in [2.75, 3.05) is 53.5 Å². The lowest BCUT2D eigenvalue weighted by Gasteiger charge is -2.08. The first-order chi connectivity index (χ1) is 66.8. The van der Waals surface area contributed by atoms with Crippen molar-refractivity contribution in [3.05, 3.63) is 373 Å². The number of benzene rings is 11. The molecule has 8 heterocycles. The van der Waals surface area contributed by atoms with E-state index in [0.29, 0.717) is 94.5 Å². The Morgan fingerprint density at radius 2 is 0.623 bits per heavy atom. The molecule has 0 radical (unpaired) electrons. The average Bonchev–Trinajstić information content (AvgIpc) is 1.66. The molecule has 0 bridgehead atoms. The lowest BCUT2D eigenvalue weighted by molar-refractivity contribution is -0.116. The molecule has 25 nitrogen and oxygen atoms in total. The van der Waals surface area contributed by atoms with Crippen LogP contribution in [-0.4, -0.2) is 112 Å². The molecule has 0 fully saturated rings. The van der Waals surface area contributed by atoms with Crippen LogP contribution in [0.4, 0.5) is 72.3 Å². The fraction of sp³-hybridized carbons (Fsp3) is 0.0686. The molecular weight excluding hydrogens is 1810 g/mol. The Bertz CT molecular complexity index is 7600. The number of pyridine rings is 1. The van der Waals surface area contributed by atoms with Crippen molar-refractivity contribution >= 4 is 185 Å². The van der Waals surface area contributed by atoms with E-state index >= 15 is 0 Å². The van der Waals surface area contributed by atoms with Gasteiger partial charge in [0.25, 0.3) is 0 Å². The molecule has 0 unspecified atom stereocenters. The van der Waals surface area contributed by atoms with E-state index in [1.54, 1.807) is 183 Å². The van der Waals surface area contributed by atoms with Gasteiger partial charge in [-0.25, -0.2) is 43.9 Å². The van der Waals surface area contributed by atoms with E-state index in [-0.39, 0.29) is 120 Å². The summed E-state index contributed by atoms with van der Waals surface area (Å²) in [6, 6.07) is 54.7. The number of hydrogen-bond donors (Lipinski definition) is 12. The average molecular weight is 1890 g/mol. The van der Waals surface area contributed by atoms with Gasteiger partial charge in [0.05, 0.1) is 117 Å². The number of aromatic amines is 5. The van der Waals surface area contributed by atoms with E-state index in [0.717, 1.165) is 44.5 Å². The minimum absolute atomic E-state index is 0.0378. The zero-order chi connectivity index (χ0) is 96.7. The molecule has 13 N–H and O–H groups in total. The molecule has 18 aromatic rings. The molecule has 138 heavy (non-hydrogen) atoms. The van der Waals surface area contributed by atoms with Gasteiger partial charge in [0.1, 0.15) is 58.2 Å². The summed E-state index contributed by atoms with van der Waals surface area (Å²) in [5.41, 5.74) is 17.4. The highest BCUT2D eigenvalue weighted by Crippen LogP contribution is 2.35. The summed E-state index contributed by atoms with van der Waals surface area (Å²) < 4.78 is 147. The number of rotatable bonds is 24. The van der Waals surface area contributed by atoms with Crippen molar-refractivity contribution < 1.29 is 77.4 Å². The number of nitrogens with two attached hydrogens (primary N) is 1. The molecule has 0 atom stereocenters. The minimum atomic E-state index is -0.581. The van der Waals surface area contributed by atoms with E-state index in [4.69, 9.17) is 15.2 Å². The summed E-state index contributed by atoms with van der Waals surface area (Å²) in [4.78, 5) is 63.9. The van der Waals surface area contributed by atoms with Crippen molar-refractivity contribution in [1.82, 2.24) is 61.3 Å². The number of ether oxygens (including phenoxy) is 2. The smallest absolute Gasteiger partial charge is 0.238 e. The first kappa shape index (κ1) is 95.1. The lowest BCUT2D eigenvalue weighted by Crippen LogP contribution is -2.25. The second-order valence-electron chi connectivity index (χ2n) is 30.5. The number of hydrogen-bond acceptors (Lipinski definition) is 16. The third-order valence-electron chi connectivity index (χ3n) is 20.7. The number of aromatic nitrogens is 11. The van der Waals surface area contributed by atoms with Gasteiger partial charge in [0.2, 0.25) is 36.3 Å². The number of nitrogens with zero attached hydrogens (tertiary/aromatic N) is 6. The number of likely N-dealkylation sites (N-methyl/N-ethyl adjacent to an activating group) is 1. The predicted molar refractivity (Wildman–Crippen MR) is 515 cm³/mol. The van der Waals surface area contributed by atoms with Gasteiger partial charge in [-0.2, -0.15) is 36.8 Å². The van der Waals surface area contributed by atoms with Crippen LogP contribution in [0.5, 0.6) is 11.5 Å². The van der Waals surface area contributed by atoms with Gasteiger partial charge >= 0.3 is 0 Å². The Balaban J connectivity index is 0.000000131. The highest BCUT2D eigenvalue weighted by Gasteiger charge is 2.21. The maximum atomic E-state index is 14.5. The summed E-state index contributed by atoms with van der Waals surface area (Å²) >= 11 is 1.51. The van der Waals surface area contributed by atoms with Crippen LogP contribution in [0.1, 0.15) is 73.0 Å². The van der Waals surface area contributed by atoms with E-state index in [2.05, 4.69) is 87.9 Å².